The predicted molar refractivity (Wildman–Crippen MR) is 66.0 cm³/mol. The van der Waals surface area contributed by atoms with Crippen molar-refractivity contribution in [2.75, 3.05) is 0 Å². The van der Waals surface area contributed by atoms with E-state index in [2.05, 4.69) is 0 Å². The lowest BCUT2D eigenvalue weighted by Gasteiger charge is -2.13. The van der Waals surface area contributed by atoms with Gasteiger partial charge in [-0.05, 0) is 19.1 Å². The maximum atomic E-state index is 13.8. The molecule has 20 heavy (non-hydrogen) atoms. The maximum absolute atomic E-state index is 13.8. The highest BCUT2D eigenvalue weighted by Gasteiger charge is 2.16. The number of aryl methyl sites for hydroxylation is 1. The van der Waals surface area contributed by atoms with Gasteiger partial charge in [0.2, 0.25) is 0 Å². The number of hydrogen-bond donors (Lipinski definition) is 0. The highest BCUT2D eigenvalue weighted by Crippen LogP contribution is 2.20. The average molecular weight is 278 g/mol. The van der Waals surface area contributed by atoms with Gasteiger partial charge in [0, 0.05) is 23.5 Å². The summed E-state index contributed by atoms with van der Waals surface area (Å²) in [4.78, 5) is 11.6. The molecule has 0 amide bonds. The van der Waals surface area contributed by atoms with Crippen LogP contribution in [0.3, 0.4) is 0 Å². The zero-order chi connectivity index (χ0) is 14.9. The van der Waals surface area contributed by atoms with E-state index in [4.69, 9.17) is 5.26 Å². The summed E-state index contributed by atoms with van der Waals surface area (Å²) in [6.45, 7) is 1.53. The minimum Gasteiger partial charge on any atom is -0.318 e. The molecule has 0 aliphatic heterocycles. The zero-order valence-electron chi connectivity index (χ0n) is 10.5. The van der Waals surface area contributed by atoms with Gasteiger partial charge in [0.1, 0.15) is 0 Å². The van der Waals surface area contributed by atoms with Crippen LogP contribution >= 0.6 is 0 Å². The quantitative estimate of drug-likeness (QED) is 0.793. The Morgan fingerprint density at radius 1 is 1.25 bits per heavy atom. The van der Waals surface area contributed by atoms with E-state index in [0.29, 0.717) is 5.69 Å². The molecular weight excluding hydrogens is 269 g/mol. The molecule has 1 heterocycles. The highest BCUT2D eigenvalue weighted by atomic mass is 19.2. The predicted octanol–water partition coefficient (Wildman–Crippen LogP) is 2.63. The fraction of sp³-hybridized carbons (Fsp3) is 0.143. The number of pyridine rings is 1. The lowest BCUT2D eigenvalue weighted by Crippen LogP contribution is -2.15. The monoisotopic (exact) mass is 278 g/mol. The molecule has 0 saturated heterocycles. The molecule has 0 unspecified atom stereocenters. The molecule has 0 atom stereocenters. The van der Waals surface area contributed by atoms with E-state index in [-0.39, 0.29) is 23.1 Å². The van der Waals surface area contributed by atoms with Gasteiger partial charge in [-0.2, -0.15) is 5.26 Å². The molecule has 2 rings (SSSR count). The minimum absolute atomic E-state index is 0.148. The Morgan fingerprint density at radius 2 is 1.95 bits per heavy atom. The highest BCUT2D eigenvalue weighted by molar-refractivity contribution is 5.38. The maximum Gasteiger partial charge on any atom is 0.196 e. The second-order valence-corrected chi connectivity index (χ2v) is 4.20. The van der Waals surface area contributed by atoms with Gasteiger partial charge in [0.25, 0.3) is 0 Å². The van der Waals surface area contributed by atoms with E-state index in [0.717, 1.165) is 12.1 Å². The number of nitrogens with zero attached hydrogens (tertiary/aromatic N) is 2. The Balaban J connectivity index is 2.70. The normalized spacial score (nSPS) is 10.3. The smallest absolute Gasteiger partial charge is 0.196 e. The number of halogens is 3. The van der Waals surface area contributed by atoms with E-state index in [1.807, 2.05) is 6.07 Å². The molecule has 0 saturated carbocycles. The van der Waals surface area contributed by atoms with Crippen molar-refractivity contribution in [3.8, 4) is 11.8 Å². The van der Waals surface area contributed by atoms with E-state index in [9.17, 15) is 18.0 Å². The van der Waals surface area contributed by atoms with Crippen molar-refractivity contribution < 1.29 is 13.2 Å². The first-order valence-electron chi connectivity index (χ1n) is 5.68. The van der Waals surface area contributed by atoms with E-state index in [1.54, 1.807) is 0 Å². The number of nitriles is 1. The van der Waals surface area contributed by atoms with Crippen LogP contribution in [-0.2, 0) is 6.42 Å². The van der Waals surface area contributed by atoms with Crippen LogP contribution < -0.4 is 5.43 Å². The molecular formula is C14H9F3N2O. The zero-order valence-corrected chi connectivity index (χ0v) is 10.5. The summed E-state index contributed by atoms with van der Waals surface area (Å²) in [5.74, 6) is -4.22. The molecule has 3 nitrogen and oxygen atoms in total. The number of hydrogen-bond acceptors (Lipinski definition) is 2. The third-order valence-electron chi connectivity index (χ3n) is 2.87. The molecule has 1 aromatic carbocycles. The fourth-order valence-corrected chi connectivity index (χ4v) is 1.85. The van der Waals surface area contributed by atoms with Crippen molar-refractivity contribution in [2.45, 2.75) is 13.3 Å². The van der Waals surface area contributed by atoms with Crippen LogP contribution in [0.5, 0.6) is 0 Å². The van der Waals surface area contributed by atoms with Crippen LogP contribution in [0.15, 0.2) is 29.2 Å². The van der Waals surface area contributed by atoms with Crippen molar-refractivity contribution in [1.29, 1.82) is 5.26 Å². The summed E-state index contributed by atoms with van der Waals surface area (Å²) >= 11 is 0. The Labute approximate surface area is 112 Å². The van der Waals surface area contributed by atoms with Gasteiger partial charge in [-0.15, -0.1) is 0 Å². The van der Waals surface area contributed by atoms with Gasteiger partial charge in [0.15, 0.2) is 22.9 Å². The fourth-order valence-electron chi connectivity index (χ4n) is 1.85. The lowest BCUT2D eigenvalue weighted by molar-refractivity contribution is 0.444. The molecule has 0 aliphatic rings. The topological polar surface area (TPSA) is 45.8 Å². The van der Waals surface area contributed by atoms with Gasteiger partial charge in [0.05, 0.1) is 18.2 Å². The van der Waals surface area contributed by atoms with Crippen molar-refractivity contribution in [1.82, 2.24) is 4.57 Å². The van der Waals surface area contributed by atoms with Crippen LogP contribution in [0, 0.1) is 35.7 Å². The van der Waals surface area contributed by atoms with E-state index >= 15 is 0 Å². The molecule has 6 heteroatoms. The van der Waals surface area contributed by atoms with Crippen LogP contribution in [0.25, 0.3) is 5.69 Å². The molecule has 0 bridgehead atoms. The van der Waals surface area contributed by atoms with Crippen LogP contribution in [0.1, 0.15) is 11.3 Å². The standard InChI is InChI=1S/C14H9F3N2O/c1-8-6-12(20)9(4-5-18)7-19(8)11-3-2-10(15)13(16)14(11)17/h2-3,6-7H,4H2,1H3. The lowest BCUT2D eigenvalue weighted by atomic mass is 10.1. The van der Waals surface area contributed by atoms with Crippen LogP contribution in [-0.4, -0.2) is 4.57 Å². The van der Waals surface area contributed by atoms with Gasteiger partial charge >= 0.3 is 0 Å². The summed E-state index contributed by atoms with van der Waals surface area (Å²) in [5.41, 5.74) is -0.0762. The van der Waals surface area contributed by atoms with Crippen LogP contribution in [0.2, 0.25) is 0 Å². The average Bonchev–Trinajstić information content (AvgIpc) is 2.40. The third-order valence-corrected chi connectivity index (χ3v) is 2.87. The van der Waals surface area contributed by atoms with Crippen LogP contribution in [0.4, 0.5) is 13.2 Å². The first-order valence-corrected chi connectivity index (χ1v) is 5.68. The number of aromatic nitrogens is 1. The van der Waals surface area contributed by atoms with Gasteiger partial charge in [-0.1, -0.05) is 0 Å². The van der Waals surface area contributed by atoms with Crippen molar-refractivity contribution in [3.63, 3.8) is 0 Å². The van der Waals surface area contributed by atoms with Crippen molar-refractivity contribution >= 4 is 0 Å². The number of rotatable bonds is 2. The van der Waals surface area contributed by atoms with Gasteiger partial charge in [-0.25, -0.2) is 13.2 Å². The largest absolute Gasteiger partial charge is 0.318 e. The summed E-state index contributed by atoms with van der Waals surface area (Å²) in [6.07, 6.45) is 1.11. The first kappa shape index (κ1) is 13.9. The summed E-state index contributed by atoms with van der Waals surface area (Å²) in [7, 11) is 0. The third kappa shape index (κ3) is 2.30. The SMILES string of the molecule is Cc1cc(=O)c(CC#N)cn1-c1ccc(F)c(F)c1F. The first-order chi connectivity index (χ1) is 9.45. The van der Waals surface area contributed by atoms with E-state index in [1.165, 1.54) is 23.8 Å². The number of benzene rings is 1. The summed E-state index contributed by atoms with van der Waals surface area (Å²) in [5, 5.41) is 8.63. The molecule has 102 valence electrons. The molecule has 0 spiro atoms. The summed E-state index contributed by atoms with van der Waals surface area (Å²) in [6, 6.07) is 4.90. The Kier molecular flexibility index (Phi) is 3.61. The molecule has 2 aromatic rings. The van der Waals surface area contributed by atoms with E-state index < -0.39 is 17.5 Å². The molecule has 0 N–H and O–H groups in total. The van der Waals surface area contributed by atoms with Crippen molar-refractivity contribution in [3.05, 3.63) is 63.3 Å². The molecule has 0 fully saturated rings. The minimum atomic E-state index is -1.58. The van der Waals surface area contributed by atoms with Crippen molar-refractivity contribution in [2.24, 2.45) is 0 Å². The van der Waals surface area contributed by atoms with Gasteiger partial charge < -0.3 is 4.57 Å². The second kappa shape index (κ2) is 5.21. The Bertz CT molecular complexity index is 775. The Morgan fingerprint density at radius 3 is 2.60 bits per heavy atom. The second-order valence-electron chi connectivity index (χ2n) is 4.20. The van der Waals surface area contributed by atoms with Gasteiger partial charge in [-0.3, -0.25) is 4.79 Å². The molecule has 1 aromatic heterocycles. The summed E-state index contributed by atoms with van der Waals surface area (Å²) < 4.78 is 41.2. The molecule has 0 radical (unpaired) electrons. The Hall–Kier alpha value is -2.55. The molecule has 0 aliphatic carbocycles.